The van der Waals surface area contributed by atoms with Crippen molar-refractivity contribution in [2.75, 3.05) is 19.6 Å². The second-order valence-electron chi connectivity index (χ2n) is 5.34. The summed E-state index contributed by atoms with van der Waals surface area (Å²) >= 11 is 0. The van der Waals surface area contributed by atoms with E-state index in [2.05, 4.69) is 16.0 Å². The van der Waals surface area contributed by atoms with E-state index in [1.54, 1.807) is 6.07 Å². The maximum atomic E-state index is 11.9. The molecule has 2 heterocycles. The van der Waals surface area contributed by atoms with Crippen molar-refractivity contribution >= 4 is 11.8 Å². The van der Waals surface area contributed by atoms with E-state index in [0.717, 1.165) is 31.4 Å². The van der Waals surface area contributed by atoms with E-state index in [9.17, 15) is 9.59 Å². The van der Waals surface area contributed by atoms with Gasteiger partial charge in [-0.1, -0.05) is 6.42 Å². The maximum absolute atomic E-state index is 11.9. The smallest absolute Gasteiger partial charge is 0.287 e. The highest BCUT2D eigenvalue weighted by atomic mass is 16.3. The third-order valence-corrected chi connectivity index (χ3v) is 3.63. The fourth-order valence-electron chi connectivity index (χ4n) is 2.39. The van der Waals surface area contributed by atoms with Gasteiger partial charge >= 0.3 is 0 Å². The molecule has 3 N–H and O–H groups in total. The Morgan fingerprint density at radius 1 is 1.33 bits per heavy atom. The number of nitrogens with one attached hydrogen (secondary N) is 3. The lowest BCUT2D eigenvalue weighted by Crippen LogP contribution is -2.47. The Morgan fingerprint density at radius 3 is 2.81 bits per heavy atom. The molecule has 0 radical (unpaired) electrons. The number of rotatable bonds is 6. The molecule has 6 nitrogen and oxygen atoms in total. The van der Waals surface area contributed by atoms with E-state index >= 15 is 0 Å². The molecule has 0 aromatic carbocycles. The van der Waals surface area contributed by atoms with E-state index < -0.39 is 0 Å². The standard InChI is InChI=1S/C15H23N3O3/c1-11-6-10-21-13(11)15(20)18-9-4-8-17-14(19)12-5-2-3-7-16-12/h6,10,12,16H,2-5,7-9H2,1H3,(H,17,19)(H,18,20). The SMILES string of the molecule is Cc1ccoc1C(=O)NCCCNC(=O)C1CCCCN1. The molecule has 6 heteroatoms. The zero-order valence-corrected chi connectivity index (χ0v) is 12.4. The number of furan rings is 1. The molecule has 0 bridgehead atoms. The van der Waals surface area contributed by atoms with Crippen LogP contribution in [0.4, 0.5) is 0 Å². The Kier molecular flexibility index (Phi) is 5.80. The van der Waals surface area contributed by atoms with Crippen LogP contribution < -0.4 is 16.0 Å². The summed E-state index contributed by atoms with van der Waals surface area (Å²) in [6, 6.07) is 1.70. The van der Waals surface area contributed by atoms with Crippen LogP contribution in [0.3, 0.4) is 0 Å². The summed E-state index contributed by atoms with van der Waals surface area (Å²) in [6.07, 6.45) is 5.34. The summed E-state index contributed by atoms with van der Waals surface area (Å²) in [7, 11) is 0. The van der Waals surface area contributed by atoms with Crippen molar-refractivity contribution in [3.63, 3.8) is 0 Å². The number of carbonyl (C=O) groups excluding carboxylic acids is 2. The lowest BCUT2D eigenvalue weighted by Gasteiger charge is -2.22. The zero-order chi connectivity index (χ0) is 15.1. The molecular formula is C15H23N3O3. The third kappa shape index (κ3) is 4.60. The normalized spacial score (nSPS) is 18.2. The van der Waals surface area contributed by atoms with Gasteiger partial charge in [-0.05, 0) is 38.8 Å². The second-order valence-corrected chi connectivity index (χ2v) is 5.34. The molecule has 1 unspecified atom stereocenters. The molecule has 0 saturated carbocycles. The van der Waals surface area contributed by atoms with Crippen LogP contribution in [0.25, 0.3) is 0 Å². The Morgan fingerprint density at radius 2 is 2.14 bits per heavy atom. The average molecular weight is 293 g/mol. The summed E-state index contributed by atoms with van der Waals surface area (Å²) in [6.45, 7) is 3.82. The Balaban J connectivity index is 1.58. The van der Waals surface area contributed by atoms with Gasteiger partial charge in [0.1, 0.15) is 0 Å². The van der Waals surface area contributed by atoms with Gasteiger partial charge in [0, 0.05) is 18.7 Å². The highest BCUT2D eigenvalue weighted by Crippen LogP contribution is 2.08. The molecule has 2 amide bonds. The molecule has 2 rings (SSSR count). The van der Waals surface area contributed by atoms with Crippen LogP contribution >= 0.6 is 0 Å². The first kappa shape index (κ1) is 15.6. The molecule has 21 heavy (non-hydrogen) atoms. The zero-order valence-electron chi connectivity index (χ0n) is 12.4. The molecule has 1 fully saturated rings. The van der Waals surface area contributed by atoms with Crippen molar-refractivity contribution in [2.24, 2.45) is 0 Å². The number of aryl methyl sites for hydroxylation is 1. The minimum atomic E-state index is -0.210. The topological polar surface area (TPSA) is 83.4 Å². The van der Waals surface area contributed by atoms with Crippen molar-refractivity contribution < 1.29 is 14.0 Å². The highest BCUT2D eigenvalue weighted by molar-refractivity contribution is 5.92. The second kappa shape index (κ2) is 7.83. The number of amides is 2. The first-order valence-corrected chi connectivity index (χ1v) is 7.52. The Bertz CT molecular complexity index is 478. The van der Waals surface area contributed by atoms with Crippen molar-refractivity contribution in [2.45, 2.75) is 38.6 Å². The molecule has 116 valence electrons. The van der Waals surface area contributed by atoms with Crippen LogP contribution in [0.5, 0.6) is 0 Å². The first-order chi connectivity index (χ1) is 10.2. The molecular weight excluding hydrogens is 270 g/mol. The van der Waals surface area contributed by atoms with Gasteiger partial charge in [0.25, 0.3) is 5.91 Å². The minimum absolute atomic E-state index is 0.0564. The quantitative estimate of drug-likeness (QED) is 0.682. The monoisotopic (exact) mass is 293 g/mol. The molecule has 1 aromatic rings. The lowest BCUT2D eigenvalue weighted by molar-refractivity contribution is -0.123. The van der Waals surface area contributed by atoms with Gasteiger partial charge in [0.05, 0.1) is 12.3 Å². The van der Waals surface area contributed by atoms with Crippen molar-refractivity contribution in [3.8, 4) is 0 Å². The van der Waals surface area contributed by atoms with Crippen molar-refractivity contribution in [1.29, 1.82) is 0 Å². The van der Waals surface area contributed by atoms with Crippen LogP contribution in [0.15, 0.2) is 16.7 Å². The van der Waals surface area contributed by atoms with Crippen LogP contribution in [0.1, 0.15) is 41.8 Å². The molecule has 1 aliphatic rings. The molecule has 0 aliphatic carbocycles. The molecule has 1 atom stereocenters. The summed E-state index contributed by atoms with van der Waals surface area (Å²) in [5.74, 6) is 0.200. The molecule has 1 aliphatic heterocycles. The summed E-state index contributed by atoms with van der Waals surface area (Å²) < 4.78 is 5.11. The summed E-state index contributed by atoms with van der Waals surface area (Å²) in [5, 5.41) is 8.88. The van der Waals surface area contributed by atoms with Crippen molar-refractivity contribution in [3.05, 3.63) is 23.7 Å². The predicted molar refractivity (Wildman–Crippen MR) is 79.0 cm³/mol. The number of carbonyl (C=O) groups is 2. The fraction of sp³-hybridized carbons (Fsp3) is 0.600. The minimum Gasteiger partial charge on any atom is -0.459 e. The van der Waals surface area contributed by atoms with Gasteiger partial charge in [-0.25, -0.2) is 0 Å². The fourth-order valence-corrected chi connectivity index (χ4v) is 2.39. The van der Waals surface area contributed by atoms with Crippen molar-refractivity contribution in [1.82, 2.24) is 16.0 Å². The maximum Gasteiger partial charge on any atom is 0.287 e. The number of hydrogen-bond acceptors (Lipinski definition) is 4. The predicted octanol–water partition coefficient (Wildman–Crippen LogP) is 0.966. The van der Waals surface area contributed by atoms with Gasteiger partial charge in [-0.2, -0.15) is 0 Å². The first-order valence-electron chi connectivity index (χ1n) is 7.52. The Labute approximate surface area is 124 Å². The Hall–Kier alpha value is -1.82. The van der Waals surface area contributed by atoms with Gasteiger partial charge < -0.3 is 20.4 Å². The van der Waals surface area contributed by atoms with Crippen LogP contribution in [-0.4, -0.2) is 37.5 Å². The summed E-state index contributed by atoms with van der Waals surface area (Å²) in [5.41, 5.74) is 0.823. The molecule has 1 saturated heterocycles. The number of hydrogen-bond donors (Lipinski definition) is 3. The van der Waals surface area contributed by atoms with Crippen LogP contribution in [0, 0.1) is 6.92 Å². The lowest BCUT2D eigenvalue weighted by atomic mass is 10.0. The highest BCUT2D eigenvalue weighted by Gasteiger charge is 2.19. The van der Waals surface area contributed by atoms with Gasteiger partial charge in [-0.15, -0.1) is 0 Å². The van der Waals surface area contributed by atoms with E-state index in [-0.39, 0.29) is 17.9 Å². The van der Waals surface area contributed by atoms with Gasteiger partial charge in [0.15, 0.2) is 5.76 Å². The average Bonchev–Trinajstić information content (AvgIpc) is 2.93. The number of piperidine rings is 1. The molecule has 1 aromatic heterocycles. The largest absolute Gasteiger partial charge is 0.459 e. The van der Waals surface area contributed by atoms with Crippen LogP contribution in [0.2, 0.25) is 0 Å². The molecule has 0 spiro atoms. The van der Waals surface area contributed by atoms with Crippen LogP contribution in [-0.2, 0) is 4.79 Å². The third-order valence-electron chi connectivity index (χ3n) is 3.63. The van der Waals surface area contributed by atoms with Gasteiger partial charge in [0.2, 0.25) is 5.91 Å². The van der Waals surface area contributed by atoms with E-state index in [4.69, 9.17) is 4.42 Å². The van der Waals surface area contributed by atoms with E-state index in [1.807, 2.05) is 6.92 Å². The summed E-state index contributed by atoms with van der Waals surface area (Å²) in [4.78, 5) is 23.6. The van der Waals surface area contributed by atoms with E-state index in [1.165, 1.54) is 6.26 Å². The van der Waals surface area contributed by atoms with Gasteiger partial charge in [-0.3, -0.25) is 9.59 Å². The van der Waals surface area contributed by atoms with E-state index in [0.29, 0.717) is 25.3 Å².